The Morgan fingerprint density at radius 3 is 2.39 bits per heavy atom. The van der Waals surface area contributed by atoms with E-state index in [0.717, 1.165) is 40.9 Å². The standard InChI is InChI=1S/C34H37ClF2N6O3/c1-21-16-23(3)31(24(4)17-21)46-34(44)43(20-25-18-26(35)7-6-22(25)2)30-10-11-38-33(40-30)39-27-8-9-28(29(19-27)45-32(36)37)42-14-12-41(5)13-15-42/h6-11,16-19,32H,12-15,20H2,1-5H3,(H,38,39,40). The number of amides is 1. The number of likely N-dealkylation sites (N-methyl/N-ethyl adjacent to an activating group) is 1. The lowest BCUT2D eigenvalue weighted by molar-refractivity contribution is -0.0495. The number of alkyl halides is 2. The largest absolute Gasteiger partial charge is 0.433 e. The van der Waals surface area contributed by atoms with Gasteiger partial charge in [0.25, 0.3) is 0 Å². The fourth-order valence-corrected chi connectivity index (χ4v) is 5.66. The summed E-state index contributed by atoms with van der Waals surface area (Å²) in [6, 6.07) is 16.0. The molecule has 2 heterocycles. The number of hydrogen-bond acceptors (Lipinski definition) is 8. The Bertz CT molecular complexity index is 1690. The number of halogens is 3. The van der Waals surface area contributed by atoms with Crippen molar-refractivity contribution >= 4 is 40.8 Å². The van der Waals surface area contributed by atoms with Crippen molar-refractivity contribution in [2.45, 2.75) is 40.9 Å². The molecule has 0 radical (unpaired) electrons. The zero-order chi connectivity index (χ0) is 33.0. The van der Waals surface area contributed by atoms with E-state index >= 15 is 0 Å². The first-order valence-electron chi connectivity index (χ1n) is 14.9. The van der Waals surface area contributed by atoms with Crippen LogP contribution in [0.5, 0.6) is 11.5 Å². The predicted octanol–water partition coefficient (Wildman–Crippen LogP) is 7.67. The maximum absolute atomic E-state index is 13.8. The van der Waals surface area contributed by atoms with Gasteiger partial charge in [-0.05, 0) is 87.3 Å². The number of carbonyl (C=O) groups is 1. The lowest BCUT2D eigenvalue weighted by Gasteiger charge is -2.35. The van der Waals surface area contributed by atoms with Gasteiger partial charge in [-0.3, -0.25) is 4.90 Å². The Kier molecular flexibility index (Phi) is 10.2. The van der Waals surface area contributed by atoms with Gasteiger partial charge in [-0.25, -0.2) is 9.78 Å². The minimum absolute atomic E-state index is 0.0474. The molecule has 4 aromatic rings. The number of carbonyl (C=O) groups excluding carboxylic acids is 1. The van der Waals surface area contributed by atoms with Crippen LogP contribution in [-0.2, 0) is 6.54 Å². The number of hydrogen-bond donors (Lipinski definition) is 1. The van der Waals surface area contributed by atoms with Crippen molar-refractivity contribution in [2.24, 2.45) is 0 Å². The van der Waals surface area contributed by atoms with Gasteiger partial charge in [-0.2, -0.15) is 13.8 Å². The number of benzene rings is 3. The smallest absolute Gasteiger partial charge is 0.421 e. The summed E-state index contributed by atoms with van der Waals surface area (Å²) in [5.41, 5.74) is 5.49. The van der Waals surface area contributed by atoms with Crippen molar-refractivity contribution in [3.8, 4) is 11.5 Å². The molecule has 0 atom stereocenters. The molecule has 0 spiro atoms. The molecule has 3 aromatic carbocycles. The Hall–Kier alpha value is -4.48. The van der Waals surface area contributed by atoms with Crippen LogP contribution >= 0.6 is 11.6 Å². The third-order valence-electron chi connectivity index (χ3n) is 7.85. The lowest BCUT2D eigenvalue weighted by atomic mass is 10.1. The lowest BCUT2D eigenvalue weighted by Crippen LogP contribution is -2.44. The van der Waals surface area contributed by atoms with Gasteiger partial charge in [0.1, 0.15) is 11.6 Å². The van der Waals surface area contributed by atoms with Crippen LogP contribution in [-0.4, -0.2) is 60.8 Å². The van der Waals surface area contributed by atoms with E-state index in [0.29, 0.717) is 35.2 Å². The van der Waals surface area contributed by atoms with Crippen LogP contribution in [0.1, 0.15) is 27.8 Å². The minimum Gasteiger partial charge on any atom is -0.433 e. The molecule has 1 saturated heterocycles. The number of ether oxygens (including phenoxy) is 2. The fourth-order valence-electron chi connectivity index (χ4n) is 5.47. The zero-order valence-corrected chi connectivity index (χ0v) is 27.2. The van der Waals surface area contributed by atoms with Gasteiger partial charge in [0.05, 0.1) is 12.2 Å². The third-order valence-corrected chi connectivity index (χ3v) is 8.08. The highest BCUT2D eigenvalue weighted by Gasteiger charge is 2.24. The molecule has 0 bridgehead atoms. The van der Waals surface area contributed by atoms with Gasteiger partial charge in [0, 0.05) is 49.2 Å². The number of aryl methyl sites for hydroxylation is 4. The molecule has 12 heteroatoms. The third kappa shape index (κ3) is 8.02. The van der Waals surface area contributed by atoms with Crippen LogP contribution in [0.2, 0.25) is 5.02 Å². The van der Waals surface area contributed by atoms with Gasteiger partial charge in [-0.1, -0.05) is 35.4 Å². The Morgan fingerprint density at radius 2 is 1.70 bits per heavy atom. The van der Waals surface area contributed by atoms with Crippen LogP contribution in [0, 0.1) is 27.7 Å². The predicted molar refractivity (Wildman–Crippen MR) is 177 cm³/mol. The number of nitrogens with zero attached hydrogens (tertiary/aromatic N) is 5. The monoisotopic (exact) mass is 650 g/mol. The van der Waals surface area contributed by atoms with E-state index in [-0.39, 0.29) is 24.1 Å². The summed E-state index contributed by atoms with van der Waals surface area (Å²) in [4.78, 5) is 28.4. The van der Waals surface area contributed by atoms with Crippen molar-refractivity contribution in [2.75, 3.05) is 48.3 Å². The second-order valence-electron chi connectivity index (χ2n) is 11.5. The highest BCUT2D eigenvalue weighted by Crippen LogP contribution is 2.34. The average molecular weight is 651 g/mol. The molecular formula is C34H37ClF2N6O3. The molecule has 1 N–H and O–H groups in total. The van der Waals surface area contributed by atoms with Crippen molar-refractivity contribution in [3.63, 3.8) is 0 Å². The van der Waals surface area contributed by atoms with Crippen molar-refractivity contribution in [1.29, 1.82) is 0 Å². The molecule has 1 aliphatic rings. The summed E-state index contributed by atoms with van der Waals surface area (Å²) in [6.45, 7) is 7.83. The number of anilines is 4. The zero-order valence-electron chi connectivity index (χ0n) is 26.5. The quantitative estimate of drug-likeness (QED) is 0.198. The van der Waals surface area contributed by atoms with Crippen molar-refractivity contribution in [3.05, 3.63) is 93.6 Å². The Balaban J connectivity index is 1.45. The molecule has 1 aromatic heterocycles. The number of aromatic nitrogens is 2. The minimum atomic E-state index is -2.99. The fraction of sp³-hybridized carbons (Fsp3) is 0.324. The number of rotatable bonds is 9. The number of nitrogens with one attached hydrogen (secondary N) is 1. The molecule has 1 fully saturated rings. The summed E-state index contributed by atoms with van der Waals surface area (Å²) in [7, 11) is 2.02. The van der Waals surface area contributed by atoms with Crippen LogP contribution in [0.3, 0.4) is 0 Å². The first-order valence-corrected chi connectivity index (χ1v) is 15.3. The van der Waals surface area contributed by atoms with E-state index in [1.165, 1.54) is 17.2 Å². The van der Waals surface area contributed by atoms with Crippen molar-refractivity contribution < 1.29 is 23.0 Å². The second kappa shape index (κ2) is 14.3. The highest BCUT2D eigenvalue weighted by atomic mass is 35.5. The van der Waals surface area contributed by atoms with Gasteiger partial charge in [0.2, 0.25) is 5.95 Å². The van der Waals surface area contributed by atoms with Gasteiger partial charge < -0.3 is 24.6 Å². The number of piperazine rings is 1. The topological polar surface area (TPSA) is 83.1 Å². The first kappa shape index (κ1) is 32.9. The summed E-state index contributed by atoms with van der Waals surface area (Å²) in [5.74, 6) is 0.938. The van der Waals surface area contributed by atoms with E-state index in [1.54, 1.807) is 30.3 Å². The van der Waals surface area contributed by atoms with Crippen LogP contribution < -0.4 is 24.6 Å². The van der Waals surface area contributed by atoms with Crippen molar-refractivity contribution in [1.82, 2.24) is 14.9 Å². The molecule has 0 aliphatic carbocycles. The van der Waals surface area contributed by atoms with Gasteiger partial charge >= 0.3 is 12.7 Å². The van der Waals surface area contributed by atoms with Crippen LogP contribution in [0.15, 0.2) is 60.8 Å². The highest BCUT2D eigenvalue weighted by molar-refractivity contribution is 6.30. The molecule has 46 heavy (non-hydrogen) atoms. The summed E-state index contributed by atoms with van der Waals surface area (Å²) < 4.78 is 37.7. The Morgan fingerprint density at radius 1 is 0.978 bits per heavy atom. The molecule has 5 rings (SSSR count). The normalized spacial score (nSPS) is 13.5. The van der Waals surface area contributed by atoms with Crippen LogP contribution in [0.25, 0.3) is 0 Å². The summed E-state index contributed by atoms with van der Waals surface area (Å²) in [5, 5.41) is 3.61. The molecule has 0 saturated carbocycles. The molecule has 242 valence electrons. The molecule has 1 aliphatic heterocycles. The van der Waals surface area contributed by atoms with Gasteiger partial charge in [-0.15, -0.1) is 0 Å². The van der Waals surface area contributed by atoms with E-state index in [4.69, 9.17) is 21.1 Å². The van der Waals surface area contributed by atoms with Gasteiger partial charge in [0.15, 0.2) is 5.75 Å². The SMILES string of the molecule is Cc1cc(C)c(OC(=O)N(Cc2cc(Cl)ccc2C)c2ccnc(Nc3ccc(N4CCN(C)CC4)c(OC(F)F)c3)n2)c(C)c1. The van der Waals surface area contributed by atoms with E-state index in [2.05, 4.69) is 20.2 Å². The van der Waals surface area contributed by atoms with E-state index < -0.39 is 12.7 Å². The van der Waals surface area contributed by atoms with Crippen LogP contribution in [0.4, 0.5) is 36.7 Å². The maximum atomic E-state index is 13.8. The first-order chi connectivity index (χ1) is 22.0. The van der Waals surface area contributed by atoms with E-state index in [9.17, 15) is 13.6 Å². The molecule has 9 nitrogen and oxygen atoms in total. The maximum Gasteiger partial charge on any atom is 0.421 e. The summed E-state index contributed by atoms with van der Waals surface area (Å²) in [6.07, 6.45) is 0.871. The Labute approximate surface area is 272 Å². The second-order valence-corrected chi connectivity index (χ2v) is 11.9. The molecule has 0 unspecified atom stereocenters. The summed E-state index contributed by atoms with van der Waals surface area (Å²) >= 11 is 6.31. The average Bonchev–Trinajstić information content (AvgIpc) is 3.00. The van der Waals surface area contributed by atoms with E-state index in [1.807, 2.05) is 57.8 Å². The molecule has 1 amide bonds. The molecular weight excluding hydrogens is 614 g/mol.